The Hall–Kier alpha value is -3.39. The first kappa shape index (κ1) is 30.8. The van der Waals surface area contributed by atoms with Gasteiger partial charge in [-0.1, -0.05) is 55.8 Å². The van der Waals surface area contributed by atoms with Gasteiger partial charge in [-0.2, -0.15) is 0 Å². The van der Waals surface area contributed by atoms with Crippen LogP contribution in [0.1, 0.15) is 68.5 Å². The van der Waals surface area contributed by atoms with E-state index in [9.17, 15) is 19.5 Å². The summed E-state index contributed by atoms with van der Waals surface area (Å²) < 4.78 is 5.39. The lowest BCUT2D eigenvalue weighted by molar-refractivity contribution is -0.142. The van der Waals surface area contributed by atoms with Gasteiger partial charge in [0, 0.05) is 12.2 Å². The molecule has 0 saturated heterocycles. The summed E-state index contributed by atoms with van der Waals surface area (Å²) in [7, 11) is 0. The summed E-state index contributed by atoms with van der Waals surface area (Å²) >= 11 is 0. The number of aliphatic hydroxyl groups is 1. The lowest BCUT2D eigenvalue weighted by Gasteiger charge is -2.36. The van der Waals surface area contributed by atoms with E-state index in [1.165, 1.54) is 4.90 Å². The first-order chi connectivity index (χ1) is 17.7. The fourth-order valence-corrected chi connectivity index (χ4v) is 4.39. The van der Waals surface area contributed by atoms with Crippen LogP contribution in [0.4, 0.5) is 10.5 Å². The van der Waals surface area contributed by atoms with Gasteiger partial charge < -0.3 is 25.4 Å². The monoisotopic (exact) mass is 525 g/mol. The molecule has 0 fully saturated rings. The van der Waals surface area contributed by atoms with Crippen LogP contribution in [0, 0.1) is 33.6 Å². The molecule has 8 heteroatoms. The third kappa shape index (κ3) is 8.05. The Kier molecular flexibility index (Phi) is 10.5. The molecule has 2 aromatic rings. The molecule has 2 aromatic carbocycles. The Balaban J connectivity index is 2.58. The van der Waals surface area contributed by atoms with E-state index in [0.29, 0.717) is 11.3 Å². The highest BCUT2D eigenvalue weighted by molar-refractivity contribution is 6.00. The van der Waals surface area contributed by atoms with E-state index in [1.54, 1.807) is 34.6 Å². The van der Waals surface area contributed by atoms with Crippen molar-refractivity contribution in [3.63, 3.8) is 0 Å². The van der Waals surface area contributed by atoms with Gasteiger partial charge in [0.1, 0.15) is 17.7 Å². The zero-order valence-corrected chi connectivity index (χ0v) is 24.1. The van der Waals surface area contributed by atoms with Crippen molar-refractivity contribution < 1.29 is 24.2 Å². The van der Waals surface area contributed by atoms with Gasteiger partial charge in [0.2, 0.25) is 5.91 Å². The summed E-state index contributed by atoms with van der Waals surface area (Å²) in [6.45, 7) is 16.0. The quantitative estimate of drug-likeness (QED) is 0.428. The Morgan fingerprint density at radius 2 is 1.58 bits per heavy atom. The maximum atomic E-state index is 14.0. The predicted molar refractivity (Wildman–Crippen MR) is 150 cm³/mol. The van der Waals surface area contributed by atoms with Gasteiger partial charge >= 0.3 is 6.09 Å². The number of hydrogen-bond acceptors (Lipinski definition) is 5. The minimum absolute atomic E-state index is 0.101. The Morgan fingerprint density at radius 3 is 2.08 bits per heavy atom. The number of aliphatic hydroxyl groups excluding tert-OH is 1. The molecule has 208 valence electrons. The summed E-state index contributed by atoms with van der Waals surface area (Å²) in [4.78, 5) is 42.0. The van der Waals surface area contributed by atoms with Crippen LogP contribution in [0.5, 0.6) is 0 Å². The van der Waals surface area contributed by atoms with Crippen molar-refractivity contribution in [3.8, 4) is 0 Å². The van der Waals surface area contributed by atoms with Crippen LogP contribution in [0.3, 0.4) is 0 Å². The number of hydrogen-bond donors (Lipinski definition) is 3. The molecular weight excluding hydrogens is 482 g/mol. The van der Waals surface area contributed by atoms with Crippen molar-refractivity contribution in [2.75, 3.05) is 18.5 Å². The van der Waals surface area contributed by atoms with Crippen LogP contribution in [0.25, 0.3) is 0 Å². The molecule has 8 nitrogen and oxygen atoms in total. The lowest BCUT2D eigenvalue weighted by Crippen LogP contribution is -2.55. The third-order valence-corrected chi connectivity index (χ3v) is 6.24. The van der Waals surface area contributed by atoms with E-state index in [2.05, 4.69) is 10.6 Å². The summed E-state index contributed by atoms with van der Waals surface area (Å²) in [5.74, 6) is -1.20. The van der Waals surface area contributed by atoms with Gasteiger partial charge in [0.15, 0.2) is 0 Å². The van der Waals surface area contributed by atoms with Gasteiger partial charge in [0.05, 0.1) is 6.61 Å². The predicted octanol–water partition coefficient (Wildman–Crippen LogP) is 4.97. The van der Waals surface area contributed by atoms with Crippen molar-refractivity contribution in [1.29, 1.82) is 0 Å². The molecule has 0 saturated carbocycles. The van der Waals surface area contributed by atoms with Crippen molar-refractivity contribution in [2.24, 2.45) is 5.92 Å². The molecule has 0 aliphatic rings. The molecule has 3 N–H and O–H groups in total. The molecule has 0 aromatic heterocycles. The van der Waals surface area contributed by atoms with Crippen LogP contribution >= 0.6 is 0 Å². The molecule has 0 spiro atoms. The first-order valence-corrected chi connectivity index (χ1v) is 13.0. The van der Waals surface area contributed by atoms with Crippen LogP contribution in [0.15, 0.2) is 36.4 Å². The molecule has 2 rings (SSSR count). The number of carbonyl (C=O) groups excluding carboxylic acids is 3. The van der Waals surface area contributed by atoms with E-state index >= 15 is 0 Å². The molecule has 0 aliphatic carbocycles. The molecule has 0 heterocycles. The van der Waals surface area contributed by atoms with Crippen molar-refractivity contribution >= 4 is 23.6 Å². The molecule has 38 heavy (non-hydrogen) atoms. The standard InChI is InChI=1S/C30H43N3O5/c1-18(2)24(32-29(37)38-30(7,8)9)28(36)33(15-16-34)26(23-14-13-19(3)17-22(23)6)27(35)31-25-20(4)11-10-12-21(25)5/h10-14,17-18,24,26,34H,15-16H2,1-9H3,(H,31,35)(H,32,37). The third-order valence-electron chi connectivity index (χ3n) is 6.24. The molecule has 0 radical (unpaired) electrons. The largest absolute Gasteiger partial charge is 0.444 e. The molecule has 0 bridgehead atoms. The van der Waals surface area contributed by atoms with Gasteiger partial charge in [-0.3, -0.25) is 9.59 Å². The number of para-hydroxylation sites is 1. The van der Waals surface area contributed by atoms with Crippen LogP contribution in [-0.2, 0) is 14.3 Å². The number of carbonyl (C=O) groups is 3. The van der Waals surface area contributed by atoms with Gasteiger partial charge in [-0.15, -0.1) is 0 Å². The normalized spacial score (nSPS) is 13.0. The maximum Gasteiger partial charge on any atom is 0.408 e. The fourth-order valence-electron chi connectivity index (χ4n) is 4.39. The van der Waals surface area contributed by atoms with E-state index in [0.717, 1.165) is 22.3 Å². The first-order valence-electron chi connectivity index (χ1n) is 13.0. The van der Waals surface area contributed by atoms with E-state index in [-0.39, 0.29) is 19.1 Å². The van der Waals surface area contributed by atoms with Crippen LogP contribution in [-0.4, -0.2) is 52.7 Å². The van der Waals surface area contributed by atoms with Gasteiger partial charge in [-0.25, -0.2) is 4.79 Å². The average Bonchev–Trinajstić information content (AvgIpc) is 2.79. The van der Waals surface area contributed by atoms with Crippen molar-refractivity contribution in [2.45, 2.75) is 80.0 Å². The highest BCUT2D eigenvalue weighted by Crippen LogP contribution is 2.29. The number of anilines is 1. The number of ether oxygens (including phenoxy) is 1. The second kappa shape index (κ2) is 12.9. The Labute approximate surface area is 226 Å². The smallest absolute Gasteiger partial charge is 0.408 e. The number of benzene rings is 2. The van der Waals surface area contributed by atoms with E-state index in [4.69, 9.17) is 4.74 Å². The zero-order chi connectivity index (χ0) is 28.8. The minimum atomic E-state index is -1.05. The Bertz CT molecular complexity index is 1130. The number of nitrogens with zero attached hydrogens (tertiary/aromatic N) is 1. The molecule has 2 atom stereocenters. The number of amides is 3. The second-order valence-electron chi connectivity index (χ2n) is 11.1. The van der Waals surface area contributed by atoms with E-state index < -0.39 is 35.6 Å². The number of nitrogens with one attached hydrogen (secondary N) is 2. The average molecular weight is 526 g/mol. The summed E-state index contributed by atoms with van der Waals surface area (Å²) in [5.41, 5.74) is 4.22. The Morgan fingerprint density at radius 1 is 0.974 bits per heavy atom. The highest BCUT2D eigenvalue weighted by Gasteiger charge is 2.38. The van der Waals surface area contributed by atoms with E-state index in [1.807, 2.05) is 64.1 Å². The van der Waals surface area contributed by atoms with Crippen molar-refractivity contribution in [1.82, 2.24) is 10.2 Å². The minimum Gasteiger partial charge on any atom is -0.444 e. The van der Waals surface area contributed by atoms with Gasteiger partial charge in [0.25, 0.3) is 5.91 Å². The maximum absolute atomic E-state index is 14.0. The lowest BCUT2D eigenvalue weighted by atomic mass is 9.95. The number of rotatable bonds is 9. The van der Waals surface area contributed by atoms with Gasteiger partial charge in [-0.05, 0) is 76.6 Å². The second-order valence-corrected chi connectivity index (χ2v) is 11.1. The number of alkyl carbamates (subject to hydrolysis) is 1. The summed E-state index contributed by atoms with van der Waals surface area (Å²) in [6.07, 6.45) is -0.725. The summed E-state index contributed by atoms with van der Waals surface area (Å²) in [6, 6.07) is 9.39. The highest BCUT2D eigenvalue weighted by atomic mass is 16.6. The SMILES string of the molecule is Cc1ccc(C(C(=O)Nc2c(C)cccc2C)N(CCO)C(=O)C(NC(=O)OC(C)(C)C)C(C)C)c(C)c1. The zero-order valence-electron chi connectivity index (χ0n) is 24.1. The molecule has 2 unspecified atom stereocenters. The van der Waals surface area contributed by atoms with Crippen LogP contribution < -0.4 is 10.6 Å². The van der Waals surface area contributed by atoms with Crippen LogP contribution in [0.2, 0.25) is 0 Å². The topological polar surface area (TPSA) is 108 Å². The number of aryl methyl sites for hydroxylation is 4. The fraction of sp³-hybridized carbons (Fsp3) is 0.500. The molecule has 0 aliphatic heterocycles. The van der Waals surface area contributed by atoms with Crippen molar-refractivity contribution in [3.05, 3.63) is 64.2 Å². The molecule has 3 amide bonds. The molecular formula is C30H43N3O5. The summed E-state index contributed by atoms with van der Waals surface area (Å²) in [5, 5.41) is 15.7.